The zero-order chi connectivity index (χ0) is 18.7. The molecule has 26 heavy (non-hydrogen) atoms. The minimum absolute atomic E-state index is 0.0466. The van der Waals surface area contributed by atoms with E-state index in [1.807, 2.05) is 13.8 Å². The van der Waals surface area contributed by atoms with Crippen molar-refractivity contribution < 1.29 is 13.6 Å². The topological polar surface area (TPSA) is 44.9 Å². The smallest absolute Gasteiger partial charge is 0.220 e. The molecule has 0 atom stereocenters. The van der Waals surface area contributed by atoms with Crippen LogP contribution in [0.15, 0.2) is 36.4 Å². The van der Waals surface area contributed by atoms with Crippen LogP contribution in [0.4, 0.5) is 8.78 Å². The molecule has 136 valence electrons. The zero-order valence-corrected chi connectivity index (χ0v) is 15.0. The molecule has 1 heterocycles. The summed E-state index contributed by atoms with van der Waals surface area (Å²) >= 11 is 0. The van der Waals surface area contributed by atoms with Gasteiger partial charge < -0.3 is 10.3 Å². The lowest BCUT2D eigenvalue weighted by molar-refractivity contribution is -0.121. The van der Waals surface area contributed by atoms with Crippen molar-refractivity contribution in [2.75, 3.05) is 6.54 Å². The summed E-state index contributed by atoms with van der Waals surface area (Å²) in [5.41, 5.74) is 4.44. The molecule has 5 heteroatoms. The number of hydrogen-bond acceptors (Lipinski definition) is 1. The molecule has 0 spiro atoms. The highest BCUT2D eigenvalue weighted by atomic mass is 19.1. The van der Waals surface area contributed by atoms with Crippen LogP contribution in [0.3, 0.4) is 0 Å². The highest BCUT2D eigenvalue weighted by Crippen LogP contribution is 2.27. The summed E-state index contributed by atoms with van der Waals surface area (Å²) in [6.45, 7) is 4.37. The van der Waals surface area contributed by atoms with Crippen LogP contribution in [-0.2, 0) is 17.6 Å². The Bertz CT molecular complexity index is 929. The van der Waals surface area contributed by atoms with Gasteiger partial charge >= 0.3 is 0 Å². The molecule has 3 nitrogen and oxygen atoms in total. The number of H-pyrrole nitrogens is 1. The molecular weight excluding hydrogens is 334 g/mol. The SMILES string of the molecule is Cc1[nH]c2c(F)ccc(C)c2c1CCNC(=O)CCc1ccc(F)cc1. The number of amides is 1. The first kappa shape index (κ1) is 18.1. The van der Waals surface area contributed by atoms with Crippen LogP contribution in [-0.4, -0.2) is 17.4 Å². The second-order valence-corrected chi connectivity index (χ2v) is 6.57. The largest absolute Gasteiger partial charge is 0.356 e. The number of benzene rings is 2. The van der Waals surface area contributed by atoms with Crippen LogP contribution in [0.2, 0.25) is 0 Å². The van der Waals surface area contributed by atoms with Crippen molar-refractivity contribution >= 4 is 16.8 Å². The van der Waals surface area contributed by atoms with Gasteiger partial charge in [-0.15, -0.1) is 0 Å². The minimum atomic E-state index is -0.279. The van der Waals surface area contributed by atoms with E-state index in [2.05, 4.69) is 10.3 Å². The molecule has 0 saturated carbocycles. The first-order valence-corrected chi connectivity index (χ1v) is 8.73. The second-order valence-electron chi connectivity index (χ2n) is 6.57. The number of rotatable bonds is 6. The van der Waals surface area contributed by atoms with Gasteiger partial charge in [0, 0.05) is 24.0 Å². The Balaban J connectivity index is 1.57. The third-order valence-electron chi connectivity index (χ3n) is 4.68. The number of fused-ring (bicyclic) bond motifs is 1. The van der Waals surface area contributed by atoms with Crippen LogP contribution >= 0.6 is 0 Å². The summed E-state index contributed by atoms with van der Waals surface area (Å²) < 4.78 is 26.9. The molecule has 1 aromatic heterocycles. The van der Waals surface area contributed by atoms with E-state index in [1.54, 1.807) is 18.2 Å². The van der Waals surface area contributed by atoms with Gasteiger partial charge in [0.1, 0.15) is 11.6 Å². The minimum Gasteiger partial charge on any atom is -0.356 e. The molecule has 2 N–H and O–H groups in total. The lowest BCUT2D eigenvalue weighted by atomic mass is 10.0. The number of carbonyl (C=O) groups is 1. The molecule has 0 aliphatic carbocycles. The van der Waals surface area contributed by atoms with E-state index in [0.717, 1.165) is 27.8 Å². The van der Waals surface area contributed by atoms with Gasteiger partial charge in [-0.25, -0.2) is 8.78 Å². The highest BCUT2D eigenvalue weighted by molar-refractivity contribution is 5.88. The fraction of sp³-hybridized carbons (Fsp3) is 0.286. The normalized spacial score (nSPS) is 11.1. The average molecular weight is 356 g/mol. The van der Waals surface area contributed by atoms with E-state index in [0.29, 0.717) is 31.3 Å². The van der Waals surface area contributed by atoms with Gasteiger partial charge in [0.05, 0.1) is 5.52 Å². The Labute approximate surface area is 151 Å². The predicted molar refractivity (Wildman–Crippen MR) is 99.2 cm³/mol. The number of carbonyl (C=O) groups excluding carboxylic acids is 1. The Morgan fingerprint density at radius 3 is 2.50 bits per heavy atom. The molecule has 0 aliphatic rings. The van der Waals surface area contributed by atoms with Gasteiger partial charge in [-0.1, -0.05) is 18.2 Å². The second kappa shape index (κ2) is 7.68. The van der Waals surface area contributed by atoms with Gasteiger partial charge in [-0.3, -0.25) is 4.79 Å². The molecule has 1 amide bonds. The van der Waals surface area contributed by atoms with Crippen molar-refractivity contribution in [3.05, 3.63) is 70.4 Å². The number of aryl methyl sites for hydroxylation is 3. The van der Waals surface area contributed by atoms with Gasteiger partial charge in [-0.2, -0.15) is 0 Å². The van der Waals surface area contributed by atoms with Crippen LogP contribution in [0, 0.1) is 25.5 Å². The summed E-state index contributed by atoms with van der Waals surface area (Å²) in [5, 5.41) is 3.81. The Hall–Kier alpha value is -2.69. The van der Waals surface area contributed by atoms with Crippen LogP contribution in [0.1, 0.15) is 28.8 Å². The van der Waals surface area contributed by atoms with Crippen molar-refractivity contribution in [3.8, 4) is 0 Å². The zero-order valence-electron chi connectivity index (χ0n) is 15.0. The predicted octanol–water partition coefficient (Wildman–Crippen LogP) is 4.35. The van der Waals surface area contributed by atoms with Crippen LogP contribution in [0.5, 0.6) is 0 Å². The lowest BCUT2D eigenvalue weighted by Crippen LogP contribution is -2.26. The number of halogens is 2. The molecule has 0 unspecified atom stereocenters. The van der Waals surface area contributed by atoms with Crippen molar-refractivity contribution in [2.24, 2.45) is 0 Å². The van der Waals surface area contributed by atoms with E-state index in [4.69, 9.17) is 0 Å². The standard InChI is InChI=1S/C21H22F2N2O/c1-13-3-9-18(23)21-20(13)17(14(2)25-21)11-12-24-19(26)10-6-15-4-7-16(22)8-5-15/h3-5,7-9,25H,6,10-12H2,1-2H3,(H,24,26). The molecule has 0 saturated heterocycles. The Morgan fingerprint density at radius 1 is 1.04 bits per heavy atom. The van der Waals surface area contributed by atoms with E-state index in [9.17, 15) is 13.6 Å². The maximum absolute atomic E-state index is 14.0. The van der Waals surface area contributed by atoms with Crippen molar-refractivity contribution in [1.82, 2.24) is 10.3 Å². The molecular formula is C21H22F2N2O. The number of nitrogens with one attached hydrogen (secondary N) is 2. The molecule has 0 fully saturated rings. The molecule has 0 bridgehead atoms. The van der Waals surface area contributed by atoms with Crippen LogP contribution in [0.25, 0.3) is 10.9 Å². The van der Waals surface area contributed by atoms with Gasteiger partial charge in [0.25, 0.3) is 0 Å². The third-order valence-corrected chi connectivity index (χ3v) is 4.68. The van der Waals surface area contributed by atoms with Crippen molar-refractivity contribution in [2.45, 2.75) is 33.1 Å². The first-order valence-electron chi connectivity index (χ1n) is 8.73. The van der Waals surface area contributed by atoms with E-state index in [1.165, 1.54) is 18.2 Å². The maximum Gasteiger partial charge on any atom is 0.220 e. The Kier molecular flexibility index (Phi) is 5.35. The number of aromatic amines is 1. The molecule has 3 rings (SSSR count). The molecule has 0 radical (unpaired) electrons. The average Bonchev–Trinajstić information content (AvgIpc) is 2.96. The fourth-order valence-electron chi connectivity index (χ4n) is 3.28. The van der Waals surface area contributed by atoms with Gasteiger partial charge in [-0.05, 0) is 61.6 Å². The van der Waals surface area contributed by atoms with E-state index < -0.39 is 0 Å². The third kappa shape index (κ3) is 3.93. The monoisotopic (exact) mass is 356 g/mol. The first-order chi connectivity index (χ1) is 12.5. The summed E-state index contributed by atoms with van der Waals surface area (Å²) in [6, 6.07) is 9.41. The number of aromatic nitrogens is 1. The van der Waals surface area contributed by atoms with Gasteiger partial charge in [0.2, 0.25) is 5.91 Å². The van der Waals surface area contributed by atoms with Crippen molar-refractivity contribution in [1.29, 1.82) is 0 Å². The fourth-order valence-corrected chi connectivity index (χ4v) is 3.28. The molecule has 0 aliphatic heterocycles. The van der Waals surface area contributed by atoms with E-state index >= 15 is 0 Å². The maximum atomic E-state index is 14.0. The summed E-state index contributed by atoms with van der Waals surface area (Å²) in [7, 11) is 0. The molecule has 2 aromatic carbocycles. The van der Waals surface area contributed by atoms with Gasteiger partial charge in [0.15, 0.2) is 0 Å². The van der Waals surface area contributed by atoms with Crippen molar-refractivity contribution in [3.63, 3.8) is 0 Å². The number of hydrogen-bond donors (Lipinski definition) is 2. The quantitative estimate of drug-likeness (QED) is 0.677. The van der Waals surface area contributed by atoms with Crippen LogP contribution < -0.4 is 5.32 Å². The Morgan fingerprint density at radius 2 is 1.77 bits per heavy atom. The lowest BCUT2D eigenvalue weighted by Gasteiger charge is -2.07. The van der Waals surface area contributed by atoms with E-state index in [-0.39, 0.29) is 17.5 Å². The summed E-state index contributed by atoms with van der Waals surface area (Å²) in [4.78, 5) is 15.1. The highest BCUT2D eigenvalue weighted by Gasteiger charge is 2.14. The summed E-state index contributed by atoms with van der Waals surface area (Å²) in [5.74, 6) is -0.586. The molecule has 3 aromatic rings. The summed E-state index contributed by atoms with van der Waals surface area (Å²) in [6.07, 6.45) is 1.56.